The van der Waals surface area contributed by atoms with E-state index >= 15 is 0 Å². The molecule has 6 nitrogen and oxygen atoms in total. The number of sulfonamides is 2. The Morgan fingerprint density at radius 3 is 1.81 bits per heavy atom. The van der Waals surface area contributed by atoms with Crippen molar-refractivity contribution in [2.45, 2.75) is 36.5 Å². The maximum Gasteiger partial charge on any atom is 0.243 e. The fourth-order valence-electron chi connectivity index (χ4n) is 5.25. The Labute approximate surface area is 190 Å². The average molecular weight is 473 g/mol. The highest BCUT2D eigenvalue weighted by atomic mass is 32.2. The van der Waals surface area contributed by atoms with Crippen LogP contribution in [0.3, 0.4) is 0 Å². The summed E-state index contributed by atoms with van der Waals surface area (Å²) in [5.41, 5.74) is 4.36. The molecule has 2 aliphatic heterocycles. The SMILES string of the molecule is Cc1ccc(S(=O)(=O)N2CC3=C(C2)C2CN(S(=O)(=O)c4ccc(C)cc4)C[C@H]2CC3)cc1. The van der Waals surface area contributed by atoms with E-state index in [0.717, 1.165) is 29.5 Å². The van der Waals surface area contributed by atoms with Gasteiger partial charge in [-0.25, -0.2) is 16.8 Å². The summed E-state index contributed by atoms with van der Waals surface area (Å²) in [6.45, 7) is 5.58. The maximum atomic E-state index is 13.2. The number of rotatable bonds is 4. The van der Waals surface area contributed by atoms with Gasteiger partial charge in [0.25, 0.3) is 0 Å². The van der Waals surface area contributed by atoms with E-state index in [2.05, 4.69) is 0 Å². The predicted molar refractivity (Wildman–Crippen MR) is 123 cm³/mol. The number of hydrogen-bond donors (Lipinski definition) is 0. The third-order valence-electron chi connectivity index (χ3n) is 7.16. The van der Waals surface area contributed by atoms with Crippen molar-refractivity contribution in [3.63, 3.8) is 0 Å². The van der Waals surface area contributed by atoms with Gasteiger partial charge >= 0.3 is 0 Å². The van der Waals surface area contributed by atoms with Crippen molar-refractivity contribution in [2.75, 3.05) is 26.2 Å². The molecule has 5 rings (SSSR count). The van der Waals surface area contributed by atoms with Crippen LogP contribution in [0.1, 0.15) is 24.0 Å². The van der Waals surface area contributed by atoms with Gasteiger partial charge in [-0.2, -0.15) is 8.61 Å². The second kappa shape index (κ2) is 7.80. The van der Waals surface area contributed by atoms with E-state index in [-0.39, 0.29) is 11.8 Å². The van der Waals surface area contributed by atoms with E-state index in [4.69, 9.17) is 0 Å². The topological polar surface area (TPSA) is 74.8 Å². The molecule has 0 spiro atoms. The summed E-state index contributed by atoms with van der Waals surface area (Å²) in [7, 11) is -7.12. The standard InChI is InChI=1S/C24H28N2O4S2/c1-17-3-9-21(10-4-17)31(27,28)25-13-19-7-8-20-14-26(16-24(20)23(19)15-25)32(29,30)22-11-5-18(2)6-12-22/h3-6,9-12,19,23H,7-8,13-16H2,1-2H3/t19-,23?/m1/s1. The lowest BCUT2D eigenvalue weighted by molar-refractivity contribution is 0.407. The molecule has 0 bridgehead atoms. The molecule has 2 atom stereocenters. The average Bonchev–Trinajstić information content (AvgIpc) is 3.39. The Kier molecular flexibility index (Phi) is 5.32. The highest BCUT2D eigenvalue weighted by Gasteiger charge is 2.46. The molecule has 0 radical (unpaired) electrons. The molecule has 32 heavy (non-hydrogen) atoms. The molecule has 1 unspecified atom stereocenters. The zero-order valence-corrected chi connectivity index (χ0v) is 20.0. The molecule has 1 aliphatic carbocycles. The maximum absolute atomic E-state index is 13.2. The summed E-state index contributed by atoms with van der Waals surface area (Å²) < 4.78 is 56.0. The van der Waals surface area contributed by atoms with Crippen LogP contribution in [0.2, 0.25) is 0 Å². The molecular weight excluding hydrogens is 444 g/mol. The third kappa shape index (κ3) is 3.63. The van der Waals surface area contributed by atoms with E-state index in [1.165, 1.54) is 5.57 Å². The van der Waals surface area contributed by atoms with Crippen LogP contribution in [-0.4, -0.2) is 51.6 Å². The largest absolute Gasteiger partial charge is 0.243 e. The summed E-state index contributed by atoms with van der Waals surface area (Å²) in [4.78, 5) is 0.639. The Morgan fingerprint density at radius 2 is 1.25 bits per heavy atom. The zero-order valence-electron chi connectivity index (χ0n) is 18.4. The lowest BCUT2D eigenvalue weighted by Gasteiger charge is -2.26. The van der Waals surface area contributed by atoms with Gasteiger partial charge in [0, 0.05) is 26.2 Å². The first-order valence-corrected chi connectivity index (χ1v) is 13.9. The predicted octanol–water partition coefficient (Wildman–Crippen LogP) is 3.34. The lowest BCUT2D eigenvalue weighted by atomic mass is 9.78. The van der Waals surface area contributed by atoms with Crippen LogP contribution in [0.4, 0.5) is 0 Å². The van der Waals surface area contributed by atoms with Crippen LogP contribution in [-0.2, 0) is 20.0 Å². The van der Waals surface area contributed by atoms with Crippen LogP contribution in [0.15, 0.2) is 69.5 Å². The molecule has 3 aliphatic rings. The first-order valence-electron chi connectivity index (χ1n) is 11.0. The van der Waals surface area contributed by atoms with Gasteiger partial charge in [-0.15, -0.1) is 0 Å². The lowest BCUT2D eigenvalue weighted by Crippen LogP contribution is -2.31. The molecule has 0 saturated carbocycles. The zero-order chi connectivity index (χ0) is 22.7. The van der Waals surface area contributed by atoms with E-state index in [1.807, 2.05) is 38.1 Å². The third-order valence-corrected chi connectivity index (χ3v) is 10.8. The number of fused-ring (bicyclic) bond motifs is 2. The van der Waals surface area contributed by atoms with Crippen molar-refractivity contribution >= 4 is 20.0 Å². The number of hydrogen-bond acceptors (Lipinski definition) is 4. The highest BCUT2D eigenvalue weighted by Crippen LogP contribution is 2.45. The second-order valence-electron chi connectivity index (χ2n) is 9.26. The van der Waals surface area contributed by atoms with Gasteiger partial charge in [-0.05, 0) is 68.4 Å². The number of aryl methyl sites for hydroxylation is 2. The highest BCUT2D eigenvalue weighted by molar-refractivity contribution is 7.89. The molecule has 1 fully saturated rings. The van der Waals surface area contributed by atoms with Gasteiger partial charge in [0.2, 0.25) is 20.0 Å². The fourth-order valence-corrected chi connectivity index (χ4v) is 8.19. The first kappa shape index (κ1) is 21.8. The van der Waals surface area contributed by atoms with Crippen molar-refractivity contribution in [1.29, 1.82) is 0 Å². The summed E-state index contributed by atoms with van der Waals surface area (Å²) >= 11 is 0. The quantitative estimate of drug-likeness (QED) is 0.640. The summed E-state index contributed by atoms with van der Waals surface area (Å²) in [5.74, 6) is 0.341. The van der Waals surface area contributed by atoms with Gasteiger partial charge in [0.15, 0.2) is 0 Å². The molecule has 2 aromatic rings. The van der Waals surface area contributed by atoms with E-state index < -0.39 is 20.0 Å². The van der Waals surface area contributed by atoms with Crippen molar-refractivity contribution < 1.29 is 16.8 Å². The molecular formula is C24H28N2O4S2. The summed E-state index contributed by atoms with van der Waals surface area (Å²) in [5, 5.41) is 0. The van der Waals surface area contributed by atoms with E-state index in [0.29, 0.717) is 36.0 Å². The second-order valence-corrected chi connectivity index (χ2v) is 13.1. The van der Waals surface area contributed by atoms with Gasteiger partial charge < -0.3 is 0 Å². The fraction of sp³-hybridized carbons (Fsp3) is 0.417. The minimum Gasteiger partial charge on any atom is -0.207 e. The minimum absolute atomic E-state index is 0.0946. The van der Waals surface area contributed by atoms with Crippen LogP contribution in [0.5, 0.6) is 0 Å². The van der Waals surface area contributed by atoms with Gasteiger partial charge in [0.05, 0.1) is 9.79 Å². The Hall–Kier alpha value is -2.00. The molecule has 170 valence electrons. The van der Waals surface area contributed by atoms with Crippen molar-refractivity contribution in [2.24, 2.45) is 11.8 Å². The Morgan fingerprint density at radius 1 is 0.719 bits per heavy atom. The van der Waals surface area contributed by atoms with Crippen molar-refractivity contribution in [3.05, 3.63) is 70.8 Å². The van der Waals surface area contributed by atoms with Crippen LogP contribution in [0, 0.1) is 25.7 Å². The number of nitrogens with zero attached hydrogens (tertiary/aromatic N) is 2. The Balaban J connectivity index is 1.36. The smallest absolute Gasteiger partial charge is 0.207 e. The normalized spacial score (nSPS) is 24.6. The monoisotopic (exact) mass is 472 g/mol. The summed E-state index contributed by atoms with van der Waals surface area (Å²) in [6.07, 6.45) is 1.75. The Bertz CT molecular complexity index is 1280. The van der Waals surface area contributed by atoms with Crippen molar-refractivity contribution in [3.8, 4) is 0 Å². The van der Waals surface area contributed by atoms with E-state index in [1.54, 1.807) is 32.9 Å². The van der Waals surface area contributed by atoms with Crippen LogP contribution < -0.4 is 0 Å². The van der Waals surface area contributed by atoms with Crippen molar-refractivity contribution in [1.82, 2.24) is 8.61 Å². The minimum atomic E-state index is -3.57. The summed E-state index contributed by atoms with van der Waals surface area (Å²) in [6, 6.07) is 13.9. The molecule has 2 aromatic carbocycles. The molecule has 0 amide bonds. The van der Waals surface area contributed by atoms with Crippen LogP contribution >= 0.6 is 0 Å². The molecule has 0 aromatic heterocycles. The molecule has 1 saturated heterocycles. The van der Waals surface area contributed by atoms with Gasteiger partial charge in [-0.3, -0.25) is 0 Å². The van der Waals surface area contributed by atoms with Gasteiger partial charge in [-0.1, -0.05) is 41.0 Å². The molecule has 2 heterocycles. The van der Waals surface area contributed by atoms with E-state index in [9.17, 15) is 16.8 Å². The molecule has 0 N–H and O–H groups in total. The van der Waals surface area contributed by atoms with Gasteiger partial charge in [0.1, 0.15) is 0 Å². The number of benzene rings is 2. The molecule has 8 heteroatoms. The van der Waals surface area contributed by atoms with Crippen LogP contribution in [0.25, 0.3) is 0 Å². The first-order chi connectivity index (χ1) is 15.2.